The Hall–Kier alpha value is -2.24. The molecule has 2 aromatic rings. The second kappa shape index (κ2) is 8.86. The smallest absolute Gasteiger partial charge is 0.255 e. The van der Waals surface area contributed by atoms with Gasteiger partial charge in [0.05, 0.1) is 21.1 Å². The van der Waals surface area contributed by atoms with Crippen LogP contribution in [0.1, 0.15) is 44.5 Å². The molecule has 1 N–H and O–H groups in total. The lowest BCUT2D eigenvalue weighted by Crippen LogP contribution is -2.42. The first-order valence-corrected chi connectivity index (χ1v) is 10.7. The molecule has 1 aliphatic rings. The van der Waals surface area contributed by atoms with Gasteiger partial charge in [-0.15, -0.1) is 0 Å². The van der Waals surface area contributed by atoms with E-state index in [1.54, 1.807) is 29.2 Å². The molecule has 0 spiro atoms. The number of ether oxygens (including phenoxy) is 1. The molecule has 2 amide bonds. The molecule has 2 aromatic carbocycles. The largest absolute Gasteiger partial charge is 0.490 e. The molecule has 0 fully saturated rings. The van der Waals surface area contributed by atoms with E-state index in [4.69, 9.17) is 27.9 Å². The molecule has 1 heterocycles. The molecule has 5 nitrogen and oxygen atoms in total. The number of rotatable bonds is 5. The molecule has 1 aliphatic heterocycles. The van der Waals surface area contributed by atoms with E-state index in [9.17, 15) is 9.59 Å². The zero-order valence-corrected chi connectivity index (χ0v) is 19.1. The Bertz CT molecular complexity index is 973. The van der Waals surface area contributed by atoms with Gasteiger partial charge < -0.3 is 15.0 Å². The fraction of sp³-hybridized carbons (Fsp3) is 0.391. The van der Waals surface area contributed by atoms with Crippen LogP contribution in [0, 0.1) is 11.3 Å². The van der Waals surface area contributed by atoms with Gasteiger partial charge in [0.2, 0.25) is 5.91 Å². The van der Waals surface area contributed by atoms with E-state index in [-0.39, 0.29) is 18.4 Å². The molecule has 0 saturated heterocycles. The van der Waals surface area contributed by atoms with Gasteiger partial charge in [0, 0.05) is 23.9 Å². The summed E-state index contributed by atoms with van der Waals surface area (Å²) in [6, 6.07) is 10.1. The Kier molecular flexibility index (Phi) is 6.63. The topological polar surface area (TPSA) is 58.6 Å². The third-order valence-electron chi connectivity index (χ3n) is 5.03. The molecule has 0 radical (unpaired) electrons. The molecule has 0 aromatic heterocycles. The van der Waals surface area contributed by atoms with Crippen LogP contribution in [0.4, 0.5) is 11.4 Å². The molecular formula is C23H26Cl2N2O3. The Morgan fingerprint density at radius 1 is 1.17 bits per heavy atom. The standard InChI is InChI=1S/C23H26Cl2N2O3/c1-14(2)9-10-27-19-8-6-16(12-20(19)30-13-23(3,4)22(27)29)26-21(28)15-5-7-17(24)18(25)11-15/h5-8,11-12,14H,9-10,13H2,1-4H3,(H,26,28). The highest BCUT2D eigenvalue weighted by molar-refractivity contribution is 6.42. The maximum atomic E-state index is 13.1. The fourth-order valence-electron chi connectivity index (χ4n) is 3.18. The second-order valence-corrected chi connectivity index (χ2v) is 9.39. The average molecular weight is 449 g/mol. The third kappa shape index (κ3) is 4.90. The van der Waals surface area contributed by atoms with Crippen LogP contribution in [-0.2, 0) is 4.79 Å². The number of halogens is 2. The summed E-state index contributed by atoms with van der Waals surface area (Å²) in [5, 5.41) is 3.55. The molecular weight excluding hydrogens is 423 g/mol. The number of benzene rings is 2. The number of nitrogens with one attached hydrogen (secondary N) is 1. The number of fused-ring (bicyclic) bond motifs is 1. The maximum absolute atomic E-state index is 13.1. The number of anilines is 2. The second-order valence-electron chi connectivity index (χ2n) is 8.58. The number of carbonyl (C=O) groups excluding carboxylic acids is 2. The minimum atomic E-state index is -0.639. The summed E-state index contributed by atoms with van der Waals surface area (Å²) in [6.45, 7) is 8.92. The van der Waals surface area contributed by atoms with Crippen LogP contribution < -0.4 is 15.0 Å². The van der Waals surface area contributed by atoms with E-state index in [2.05, 4.69) is 19.2 Å². The molecule has 0 unspecified atom stereocenters. The van der Waals surface area contributed by atoms with E-state index in [1.807, 2.05) is 19.9 Å². The van der Waals surface area contributed by atoms with Crippen molar-refractivity contribution >= 4 is 46.4 Å². The van der Waals surface area contributed by atoms with Crippen LogP contribution in [0.15, 0.2) is 36.4 Å². The predicted molar refractivity (Wildman–Crippen MR) is 122 cm³/mol. The fourth-order valence-corrected chi connectivity index (χ4v) is 3.47. The van der Waals surface area contributed by atoms with Crippen molar-refractivity contribution in [1.29, 1.82) is 0 Å². The lowest BCUT2D eigenvalue weighted by atomic mass is 9.92. The monoisotopic (exact) mass is 448 g/mol. The van der Waals surface area contributed by atoms with Crippen LogP contribution in [0.3, 0.4) is 0 Å². The summed E-state index contributed by atoms with van der Waals surface area (Å²) >= 11 is 11.9. The Balaban J connectivity index is 1.87. The van der Waals surface area contributed by atoms with Crippen LogP contribution in [0.25, 0.3) is 0 Å². The Labute approximate surface area is 187 Å². The van der Waals surface area contributed by atoms with E-state index >= 15 is 0 Å². The average Bonchev–Trinajstić information content (AvgIpc) is 2.77. The molecule has 0 atom stereocenters. The highest BCUT2D eigenvalue weighted by atomic mass is 35.5. The number of hydrogen-bond donors (Lipinski definition) is 1. The molecule has 160 valence electrons. The zero-order valence-electron chi connectivity index (χ0n) is 17.6. The van der Waals surface area contributed by atoms with Gasteiger partial charge in [0.25, 0.3) is 5.91 Å². The van der Waals surface area contributed by atoms with Crippen molar-refractivity contribution in [2.45, 2.75) is 34.1 Å². The Morgan fingerprint density at radius 2 is 1.90 bits per heavy atom. The van der Waals surface area contributed by atoms with Crippen molar-refractivity contribution in [3.05, 3.63) is 52.0 Å². The lowest BCUT2D eigenvalue weighted by Gasteiger charge is -2.28. The quantitative estimate of drug-likeness (QED) is 0.605. The Morgan fingerprint density at radius 3 is 2.57 bits per heavy atom. The van der Waals surface area contributed by atoms with Crippen LogP contribution in [0.2, 0.25) is 10.0 Å². The molecule has 3 rings (SSSR count). The van der Waals surface area contributed by atoms with Crippen LogP contribution in [0.5, 0.6) is 5.75 Å². The van der Waals surface area contributed by atoms with E-state index in [1.165, 1.54) is 6.07 Å². The number of carbonyl (C=O) groups is 2. The highest BCUT2D eigenvalue weighted by Crippen LogP contribution is 2.38. The molecule has 30 heavy (non-hydrogen) atoms. The van der Waals surface area contributed by atoms with Crippen LogP contribution >= 0.6 is 23.2 Å². The first-order chi connectivity index (χ1) is 14.1. The minimum Gasteiger partial charge on any atom is -0.490 e. The predicted octanol–water partition coefficient (Wildman–Crippen LogP) is 6.04. The first kappa shape index (κ1) is 22.4. The summed E-state index contributed by atoms with van der Waals surface area (Å²) in [6.07, 6.45) is 0.886. The van der Waals surface area contributed by atoms with Gasteiger partial charge in [-0.05, 0) is 56.5 Å². The van der Waals surface area contributed by atoms with Crippen LogP contribution in [-0.4, -0.2) is 25.0 Å². The normalized spacial score (nSPS) is 15.4. The first-order valence-electron chi connectivity index (χ1n) is 9.94. The van der Waals surface area contributed by atoms with Gasteiger partial charge in [0.1, 0.15) is 12.4 Å². The number of amides is 2. The van der Waals surface area contributed by atoms with E-state index in [0.29, 0.717) is 39.5 Å². The van der Waals surface area contributed by atoms with E-state index < -0.39 is 5.41 Å². The number of nitrogens with zero attached hydrogens (tertiary/aromatic N) is 1. The summed E-state index contributed by atoms with van der Waals surface area (Å²) in [5.74, 6) is 0.771. The van der Waals surface area contributed by atoms with Gasteiger partial charge >= 0.3 is 0 Å². The lowest BCUT2D eigenvalue weighted by molar-refractivity contribution is -0.127. The van der Waals surface area contributed by atoms with Gasteiger partial charge in [-0.2, -0.15) is 0 Å². The zero-order chi connectivity index (χ0) is 22.1. The molecule has 0 aliphatic carbocycles. The SMILES string of the molecule is CC(C)CCN1C(=O)C(C)(C)COc2cc(NC(=O)c3ccc(Cl)c(Cl)c3)ccc21. The van der Waals surface area contributed by atoms with E-state index in [0.717, 1.165) is 12.1 Å². The van der Waals surface area contributed by atoms with Gasteiger partial charge in [-0.3, -0.25) is 9.59 Å². The third-order valence-corrected chi connectivity index (χ3v) is 5.77. The van der Waals surface area contributed by atoms with Crippen molar-refractivity contribution in [3.8, 4) is 5.75 Å². The summed E-state index contributed by atoms with van der Waals surface area (Å²) in [7, 11) is 0. The minimum absolute atomic E-state index is 0.0366. The summed E-state index contributed by atoms with van der Waals surface area (Å²) in [5.41, 5.74) is 1.05. The molecule has 0 bridgehead atoms. The summed E-state index contributed by atoms with van der Waals surface area (Å²) in [4.78, 5) is 27.5. The number of hydrogen-bond acceptors (Lipinski definition) is 3. The molecule has 0 saturated carbocycles. The maximum Gasteiger partial charge on any atom is 0.255 e. The van der Waals surface area contributed by atoms with Gasteiger partial charge in [-0.25, -0.2) is 0 Å². The summed E-state index contributed by atoms with van der Waals surface area (Å²) < 4.78 is 5.98. The van der Waals surface area contributed by atoms with Crippen molar-refractivity contribution in [1.82, 2.24) is 0 Å². The van der Waals surface area contributed by atoms with Crippen molar-refractivity contribution in [2.75, 3.05) is 23.4 Å². The molecule has 7 heteroatoms. The van der Waals surface area contributed by atoms with Crippen molar-refractivity contribution < 1.29 is 14.3 Å². The van der Waals surface area contributed by atoms with Crippen molar-refractivity contribution in [2.24, 2.45) is 11.3 Å². The van der Waals surface area contributed by atoms with Crippen molar-refractivity contribution in [3.63, 3.8) is 0 Å². The van der Waals surface area contributed by atoms with Gasteiger partial charge in [0.15, 0.2) is 0 Å². The van der Waals surface area contributed by atoms with Gasteiger partial charge in [-0.1, -0.05) is 37.0 Å². The highest BCUT2D eigenvalue weighted by Gasteiger charge is 2.37.